The van der Waals surface area contributed by atoms with Gasteiger partial charge in [-0.3, -0.25) is 4.79 Å². The van der Waals surface area contributed by atoms with Crippen LogP contribution in [-0.2, 0) is 4.79 Å². The van der Waals surface area contributed by atoms with E-state index in [-0.39, 0.29) is 11.3 Å². The number of benzene rings is 1. The van der Waals surface area contributed by atoms with Crippen molar-refractivity contribution in [3.05, 3.63) is 28.2 Å². The number of halogens is 1. The number of para-hydroxylation sites is 1. The van der Waals surface area contributed by atoms with Crippen LogP contribution >= 0.6 is 15.9 Å². The van der Waals surface area contributed by atoms with Crippen molar-refractivity contribution >= 4 is 33.5 Å². The van der Waals surface area contributed by atoms with E-state index in [9.17, 15) is 9.59 Å². The van der Waals surface area contributed by atoms with Gasteiger partial charge in [-0.05, 0) is 40.9 Å². The lowest BCUT2D eigenvalue weighted by molar-refractivity contribution is -0.111. The first-order valence-electron chi connectivity index (χ1n) is 4.31. The van der Waals surface area contributed by atoms with Gasteiger partial charge in [-0.25, -0.2) is 4.79 Å². The normalized spacial score (nSPS) is 8.88. The van der Waals surface area contributed by atoms with E-state index in [0.717, 1.165) is 0 Å². The van der Waals surface area contributed by atoms with Crippen molar-refractivity contribution in [3.8, 4) is 11.8 Å². The Kier molecular flexibility index (Phi) is 4.09. The standard InChI is InChI=1S/C11H8BrNO3/c1-2-4-9(14)13-10-7(11(15)16)5-3-6-8(10)12/h3,5-6H,1H3,(H,13,14)(H,15,16). The molecule has 0 aliphatic rings. The van der Waals surface area contributed by atoms with Crippen LogP contribution in [0.4, 0.5) is 5.69 Å². The molecule has 0 atom stereocenters. The van der Waals surface area contributed by atoms with Gasteiger partial charge >= 0.3 is 5.97 Å². The number of carbonyl (C=O) groups is 2. The molecule has 1 amide bonds. The molecule has 0 saturated carbocycles. The second kappa shape index (κ2) is 5.33. The number of carboxylic acids is 1. The Labute approximate surface area is 101 Å². The van der Waals surface area contributed by atoms with Crippen molar-refractivity contribution in [2.45, 2.75) is 6.92 Å². The van der Waals surface area contributed by atoms with E-state index in [1.54, 1.807) is 12.1 Å². The van der Waals surface area contributed by atoms with Crippen LogP contribution in [0.25, 0.3) is 0 Å². The summed E-state index contributed by atoms with van der Waals surface area (Å²) < 4.78 is 0.499. The van der Waals surface area contributed by atoms with Gasteiger partial charge in [-0.2, -0.15) is 0 Å². The Hall–Kier alpha value is -1.80. The SMILES string of the molecule is CC#CC(=O)Nc1c(Br)cccc1C(=O)O. The molecule has 0 aliphatic carbocycles. The molecule has 5 heteroatoms. The number of nitrogens with one attached hydrogen (secondary N) is 1. The molecule has 0 spiro atoms. The molecule has 0 saturated heterocycles. The van der Waals surface area contributed by atoms with Crippen molar-refractivity contribution in [2.75, 3.05) is 5.32 Å². The van der Waals surface area contributed by atoms with Gasteiger partial charge in [-0.15, -0.1) is 0 Å². The van der Waals surface area contributed by atoms with Gasteiger partial charge in [0.2, 0.25) is 0 Å². The highest BCUT2D eigenvalue weighted by molar-refractivity contribution is 9.10. The van der Waals surface area contributed by atoms with Gasteiger partial charge in [0, 0.05) is 4.47 Å². The summed E-state index contributed by atoms with van der Waals surface area (Å²) in [5, 5.41) is 11.3. The van der Waals surface area contributed by atoms with Crippen LogP contribution in [0.15, 0.2) is 22.7 Å². The summed E-state index contributed by atoms with van der Waals surface area (Å²) in [7, 11) is 0. The Bertz CT molecular complexity index is 500. The summed E-state index contributed by atoms with van der Waals surface area (Å²) in [6, 6.07) is 4.62. The van der Waals surface area contributed by atoms with Crippen LogP contribution in [0.1, 0.15) is 17.3 Å². The number of anilines is 1. The number of aromatic carboxylic acids is 1. The van der Waals surface area contributed by atoms with Crippen LogP contribution < -0.4 is 5.32 Å². The zero-order chi connectivity index (χ0) is 12.1. The molecule has 0 radical (unpaired) electrons. The zero-order valence-corrected chi connectivity index (χ0v) is 9.96. The van der Waals surface area contributed by atoms with Gasteiger partial charge in [0.05, 0.1) is 11.3 Å². The average molecular weight is 282 g/mol. The molecule has 0 fully saturated rings. The predicted molar refractivity (Wildman–Crippen MR) is 63.2 cm³/mol. The van der Waals surface area contributed by atoms with Crippen LogP contribution in [-0.4, -0.2) is 17.0 Å². The number of amides is 1. The first kappa shape index (κ1) is 12.3. The lowest BCUT2D eigenvalue weighted by Crippen LogP contribution is -2.13. The lowest BCUT2D eigenvalue weighted by Gasteiger charge is -2.07. The molecule has 1 aromatic carbocycles. The summed E-state index contributed by atoms with van der Waals surface area (Å²) in [6.45, 7) is 1.53. The zero-order valence-electron chi connectivity index (χ0n) is 8.37. The lowest BCUT2D eigenvalue weighted by atomic mass is 10.2. The first-order chi connectivity index (χ1) is 7.56. The van der Waals surface area contributed by atoms with E-state index in [4.69, 9.17) is 5.11 Å². The molecule has 0 bridgehead atoms. The van der Waals surface area contributed by atoms with E-state index in [1.165, 1.54) is 13.0 Å². The summed E-state index contributed by atoms with van der Waals surface area (Å²) in [5.41, 5.74) is 0.225. The number of carbonyl (C=O) groups excluding carboxylic acids is 1. The van der Waals surface area contributed by atoms with Crippen molar-refractivity contribution in [3.63, 3.8) is 0 Å². The van der Waals surface area contributed by atoms with Crippen molar-refractivity contribution in [1.29, 1.82) is 0 Å². The predicted octanol–water partition coefficient (Wildman–Crippen LogP) is 2.11. The summed E-state index contributed by atoms with van der Waals surface area (Å²) >= 11 is 3.17. The number of carboxylic acid groups (broad SMARTS) is 1. The van der Waals surface area contributed by atoms with Gasteiger partial charge in [-0.1, -0.05) is 12.0 Å². The maximum absolute atomic E-state index is 11.2. The van der Waals surface area contributed by atoms with Crippen LogP contribution in [0.5, 0.6) is 0 Å². The molecule has 0 aliphatic heterocycles. The molecule has 0 unspecified atom stereocenters. The second-order valence-electron chi connectivity index (χ2n) is 2.80. The third-order valence-electron chi connectivity index (χ3n) is 1.72. The number of hydrogen-bond donors (Lipinski definition) is 2. The molecule has 1 aromatic rings. The van der Waals surface area contributed by atoms with Crippen LogP contribution in [0, 0.1) is 11.8 Å². The van der Waals surface area contributed by atoms with Gasteiger partial charge in [0.1, 0.15) is 0 Å². The van der Waals surface area contributed by atoms with Crippen LogP contribution in [0.3, 0.4) is 0 Å². The Balaban J connectivity index is 3.14. The maximum Gasteiger partial charge on any atom is 0.337 e. The third-order valence-corrected chi connectivity index (χ3v) is 2.38. The van der Waals surface area contributed by atoms with Gasteiger partial charge in [0.15, 0.2) is 0 Å². The summed E-state index contributed by atoms with van der Waals surface area (Å²) in [6.07, 6.45) is 0. The summed E-state index contributed by atoms with van der Waals surface area (Å²) in [4.78, 5) is 22.1. The van der Waals surface area contributed by atoms with Gasteiger partial charge < -0.3 is 10.4 Å². The molecule has 4 nitrogen and oxygen atoms in total. The third kappa shape index (κ3) is 2.84. The number of hydrogen-bond acceptors (Lipinski definition) is 2. The minimum Gasteiger partial charge on any atom is -0.478 e. The fourth-order valence-electron chi connectivity index (χ4n) is 1.09. The fourth-order valence-corrected chi connectivity index (χ4v) is 1.55. The second-order valence-corrected chi connectivity index (χ2v) is 3.65. The largest absolute Gasteiger partial charge is 0.478 e. The Morgan fingerprint density at radius 2 is 2.12 bits per heavy atom. The van der Waals surface area contributed by atoms with E-state index in [1.807, 2.05) is 0 Å². The fraction of sp³-hybridized carbons (Fsp3) is 0.0909. The van der Waals surface area contributed by atoms with E-state index >= 15 is 0 Å². The van der Waals surface area contributed by atoms with Crippen molar-refractivity contribution in [2.24, 2.45) is 0 Å². The first-order valence-corrected chi connectivity index (χ1v) is 5.11. The maximum atomic E-state index is 11.2. The molecule has 82 valence electrons. The highest BCUT2D eigenvalue weighted by Crippen LogP contribution is 2.26. The Morgan fingerprint density at radius 3 is 2.69 bits per heavy atom. The summed E-state index contributed by atoms with van der Waals surface area (Å²) in [5.74, 6) is 3.05. The quantitative estimate of drug-likeness (QED) is 0.816. The minimum absolute atomic E-state index is 0.0145. The topological polar surface area (TPSA) is 66.4 Å². The molecule has 0 aromatic heterocycles. The Morgan fingerprint density at radius 1 is 1.44 bits per heavy atom. The smallest absolute Gasteiger partial charge is 0.337 e. The van der Waals surface area contributed by atoms with Crippen LogP contribution in [0.2, 0.25) is 0 Å². The van der Waals surface area contributed by atoms with Crippen molar-refractivity contribution in [1.82, 2.24) is 0 Å². The van der Waals surface area contributed by atoms with Crippen molar-refractivity contribution < 1.29 is 14.7 Å². The molecule has 0 heterocycles. The monoisotopic (exact) mass is 281 g/mol. The van der Waals surface area contributed by atoms with E-state index < -0.39 is 11.9 Å². The van der Waals surface area contributed by atoms with Gasteiger partial charge in [0.25, 0.3) is 5.91 Å². The molecule has 16 heavy (non-hydrogen) atoms. The highest BCUT2D eigenvalue weighted by Gasteiger charge is 2.14. The number of rotatable bonds is 2. The average Bonchev–Trinajstić information content (AvgIpc) is 2.21. The van der Waals surface area contributed by atoms with E-state index in [2.05, 4.69) is 33.1 Å². The minimum atomic E-state index is -1.11. The molecular formula is C11H8BrNO3. The van der Waals surface area contributed by atoms with E-state index in [0.29, 0.717) is 4.47 Å². The highest BCUT2D eigenvalue weighted by atomic mass is 79.9. The molecule has 1 rings (SSSR count). The molecular weight excluding hydrogens is 274 g/mol. The molecule has 2 N–H and O–H groups in total.